The number of carbonyl (C=O) groups is 1. The number of anilines is 3. The maximum absolute atomic E-state index is 12.2. The van der Waals surface area contributed by atoms with Gasteiger partial charge in [-0.2, -0.15) is 0 Å². The average molecular weight is 447 g/mol. The lowest BCUT2D eigenvalue weighted by Gasteiger charge is -2.13. The van der Waals surface area contributed by atoms with Crippen LogP contribution in [-0.4, -0.2) is 29.0 Å². The van der Waals surface area contributed by atoms with E-state index >= 15 is 0 Å². The minimum absolute atomic E-state index is 0.0322. The van der Waals surface area contributed by atoms with Gasteiger partial charge in [-0.05, 0) is 30.3 Å². The smallest absolute Gasteiger partial charge is 0.323 e. The van der Waals surface area contributed by atoms with Crippen molar-refractivity contribution in [3.05, 3.63) is 64.4 Å². The van der Waals surface area contributed by atoms with E-state index in [0.717, 1.165) is 0 Å². The molecule has 1 aromatic heterocycles. The standard InChI is InChI=1S/C19H16Cl2N6O3/c1-29-17(23)15-16(22)24-9-25-18(15)30-12-5-6-14(13(21)8-12)27-19(28)26-11-4-2-3-10(20)7-11/h2-9,23H,1H3,(H2,22,24,25)(H2,26,27,28). The van der Waals surface area contributed by atoms with Crippen LogP contribution in [0.3, 0.4) is 0 Å². The number of carbonyl (C=O) groups excluding carboxylic acids is 1. The SMILES string of the molecule is COC(=N)c1c(N)ncnc1Oc1ccc(NC(=O)Nc2cccc(Cl)c2)c(Cl)c1. The molecule has 0 bridgehead atoms. The lowest BCUT2D eigenvalue weighted by molar-refractivity contribution is 0.262. The third-order valence-corrected chi connectivity index (χ3v) is 4.31. The van der Waals surface area contributed by atoms with Crippen molar-refractivity contribution in [1.82, 2.24) is 9.97 Å². The van der Waals surface area contributed by atoms with Gasteiger partial charge in [0.05, 0.1) is 17.8 Å². The Labute approximate surface area is 181 Å². The van der Waals surface area contributed by atoms with Crippen molar-refractivity contribution < 1.29 is 14.3 Å². The van der Waals surface area contributed by atoms with Gasteiger partial charge in [0.2, 0.25) is 11.8 Å². The number of nitrogens with one attached hydrogen (secondary N) is 3. The zero-order valence-electron chi connectivity index (χ0n) is 15.6. The zero-order valence-corrected chi connectivity index (χ0v) is 17.1. The molecule has 2 aromatic carbocycles. The van der Waals surface area contributed by atoms with Gasteiger partial charge in [-0.1, -0.05) is 29.3 Å². The maximum Gasteiger partial charge on any atom is 0.323 e. The van der Waals surface area contributed by atoms with Crippen LogP contribution in [0, 0.1) is 5.41 Å². The Bertz CT molecular complexity index is 1110. The van der Waals surface area contributed by atoms with Crippen molar-refractivity contribution in [2.45, 2.75) is 0 Å². The third kappa shape index (κ3) is 5.07. The van der Waals surface area contributed by atoms with Gasteiger partial charge in [-0.25, -0.2) is 14.8 Å². The molecule has 0 atom stereocenters. The zero-order chi connectivity index (χ0) is 21.7. The van der Waals surface area contributed by atoms with Crippen LogP contribution in [0.4, 0.5) is 22.0 Å². The molecule has 11 heteroatoms. The number of methoxy groups -OCH3 is 1. The van der Waals surface area contributed by atoms with Crippen molar-refractivity contribution in [2.75, 3.05) is 23.5 Å². The third-order valence-electron chi connectivity index (χ3n) is 3.76. The van der Waals surface area contributed by atoms with Gasteiger partial charge >= 0.3 is 6.03 Å². The molecular weight excluding hydrogens is 431 g/mol. The van der Waals surface area contributed by atoms with E-state index in [2.05, 4.69) is 20.6 Å². The number of ether oxygens (including phenoxy) is 2. The minimum Gasteiger partial charge on any atom is -0.481 e. The summed E-state index contributed by atoms with van der Waals surface area (Å²) in [6.07, 6.45) is 1.20. The van der Waals surface area contributed by atoms with E-state index in [9.17, 15) is 4.79 Å². The Morgan fingerprint density at radius 2 is 1.93 bits per heavy atom. The molecule has 0 aliphatic heterocycles. The second-order valence-corrected chi connectivity index (χ2v) is 6.65. The summed E-state index contributed by atoms with van der Waals surface area (Å²) in [6.45, 7) is 0. The predicted octanol–water partition coefficient (Wildman–Crippen LogP) is 4.77. The number of hydrogen-bond donors (Lipinski definition) is 4. The molecule has 0 fully saturated rings. The van der Waals surface area contributed by atoms with E-state index < -0.39 is 6.03 Å². The lowest BCUT2D eigenvalue weighted by Crippen LogP contribution is -2.19. The number of hydrogen-bond acceptors (Lipinski definition) is 7. The summed E-state index contributed by atoms with van der Waals surface area (Å²) in [4.78, 5) is 20.0. The van der Waals surface area contributed by atoms with Gasteiger partial charge in [0.1, 0.15) is 23.5 Å². The fourth-order valence-corrected chi connectivity index (χ4v) is 2.81. The normalized spacial score (nSPS) is 10.2. The Kier molecular flexibility index (Phi) is 6.55. The highest BCUT2D eigenvalue weighted by Crippen LogP contribution is 2.31. The summed E-state index contributed by atoms with van der Waals surface area (Å²) in [7, 11) is 1.32. The molecule has 5 N–H and O–H groups in total. The summed E-state index contributed by atoms with van der Waals surface area (Å²) in [6, 6.07) is 10.8. The predicted molar refractivity (Wildman–Crippen MR) is 116 cm³/mol. The van der Waals surface area contributed by atoms with Gasteiger partial charge in [0.15, 0.2) is 0 Å². The van der Waals surface area contributed by atoms with Crippen LogP contribution in [-0.2, 0) is 4.74 Å². The molecule has 0 aliphatic carbocycles. The average Bonchev–Trinajstić information content (AvgIpc) is 2.70. The van der Waals surface area contributed by atoms with Crippen LogP contribution in [0.1, 0.15) is 5.56 Å². The summed E-state index contributed by atoms with van der Waals surface area (Å²) < 4.78 is 10.6. The van der Waals surface area contributed by atoms with E-state index in [1.54, 1.807) is 36.4 Å². The van der Waals surface area contributed by atoms with Crippen molar-refractivity contribution in [2.24, 2.45) is 0 Å². The second-order valence-electron chi connectivity index (χ2n) is 5.81. The van der Waals surface area contributed by atoms with Crippen LogP contribution in [0.5, 0.6) is 11.6 Å². The molecule has 0 spiro atoms. The Hall–Kier alpha value is -3.56. The summed E-state index contributed by atoms with van der Waals surface area (Å²) in [5, 5.41) is 13.8. The van der Waals surface area contributed by atoms with Gasteiger partial charge in [-0.3, -0.25) is 5.41 Å². The molecule has 0 radical (unpaired) electrons. The summed E-state index contributed by atoms with van der Waals surface area (Å²) in [5.41, 5.74) is 6.79. The summed E-state index contributed by atoms with van der Waals surface area (Å²) in [5.74, 6) is 0.132. The van der Waals surface area contributed by atoms with Crippen molar-refractivity contribution in [3.8, 4) is 11.6 Å². The van der Waals surface area contributed by atoms with E-state index in [-0.39, 0.29) is 28.2 Å². The fraction of sp³-hybridized carbons (Fsp3) is 0.0526. The van der Waals surface area contributed by atoms with Crippen LogP contribution >= 0.6 is 23.2 Å². The Morgan fingerprint density at radius 1 is 1.13 bits per heavy atom. The number of rotatable bonds is 5. The van der Waals surface area contributed by atoms with E-state index in [1.807, 2.05) is 0 Å². The van der Waals surface area contributed by atoms with Crippen LogP contribution in [0.2, 0.25) is 10.0 Å². The highest BCUT2D eigenvalue weighted by molar-refractivity contribution is 6.34. The highest BCUT2D eigenvalue weighted by Gasteiger charge is 2.18. The van der Waals surface area contributed by atoms with Gasteiger partial charge < -0.3 is 25.8 Å². The molecule has 0 saturated heterocycles. The van der Waals surface area contributed by atoms with E-state index in [1.165, 1.54) is 19.5 Å². The molecular formula is C19H16Cl2N6O3. The maximum atomic E-state index is 12.2. The number of amides is 2. The first-order valence-corrected chi connectivity index (χ1v) is 9.17. The van der Waals surface area contributed by atoms with Crippen LogP contribution < -0.4 is 21.1 Å². The molecule has 3 aromatic rings. The van der Waals surface area contributed by atoms with Gasteiger partial charge in [0.25, 0.3) is 0 Å². The minimum atomic E-state index is -0.493. The van der Waals surface area contributed by atoms with Crippen LogP contribution in [0.25, 0.3) is 0 Å². The number of nitrogens with zero attached hydrogens (tertiary/aromatic N) is 2. The molecule has 3 rings (SSSR count). The van der Waals surface area contributed by atoms with Crippen molar-refractivity contribution in [3.63, 3.8) is 0 Å². The Morgan fingerprint density at radius 3 is 2.63 bits per heavy atom. The molecule has 1 heterocycles. The molecule has 30 heavy (non-hydrogen) atoms. The van der Waals surface area contributed by atoms with E-state index in [0.29, 0.717) is 22.1 Å². The second kappa shape index (κ2) is 9.29. The van der Waals surface area contributed by atoms with Crippen molar-refractivity contribution >= 4 is 52.3 Å². The van der Waals surface area contributed by atoms with Crippen LogP contribution in [0.15, 0.2) is 48.8 Å². The van der Waals surface area contributed by atoms with Crippen molar-refractivity contribution in [1.29, 1.82) is 5.41 Å². The summed E-state index contributed by atoms with van der Waals surface area (Å²) >= 11 is 12.2. The first-order chi connectivity index (χ1) is 14.4. The first-order valence-electron chi connectivity index (χ1n) is 8.41. The Balaban J connectivity index is 1.74. The number of nitrogen functional groups attached to an aromatic ring is 1. The van der Waals surface area contributed by atoms with Gasteiger partial charge in [-0.15, -0.1) is 0 Å². The highest BCUT2D eigenvalue weighted by atomic mass is 35.5. The largest absolute Gasteiger partial charge is 0.481 e. The molecule has 0 saturated carbocycles. The quantitative estimate of drug-likeness (QED) is 0.329. The molecule has 2 amide bonds. The molecule has 154 valence electrons. The lowest BCUT2D eigenvalue weighted by atomic mass is 10.2. The fourth-order valence-electron chi connectivity index (χ4n) is 2.40. The van der Waals surface area contributed by atoms with E-state index in [4.69, 9.17) is 43.8 Å². The monoisotopic (exact) mass is 446 g/mol. The molecule has 0 aliphatic rings. The number of nitrogens with two attached hydrogens (primary N) is 1. The first kappa shape index (κ1) is 21.2. The van der Waals surface area contributed by atoms with Gasteiger partial charge in [0, 0.05) is 16.8 Å². The number of benzene rings is 2. The number of halogens is 2. The number of urea groups is 1. The molecule has 9 nitrogen and oxygen atoms in total. The topological polar surface area (TPSA) is 135 Å². The number of aromatic nitrogens is 2. The molecule has 0 unspecified atom stereocenters.